The number of aromatic hydroxyl groups is 1. The van der Waals surface area contributed by atoms with Crippen molar-refractivity contribution >= 4 is 54.8 Å². The summed E-state index contributed by atoms with van der Waals surface area (Å²) in [6.45, 7) is 0. The van der Waals surface area contributed by atoms with Gasteiger partial charge in [0.1, 0.15) is 5.75 Å². The number of halogens is 2. The first kappa shape index (κ1) is 13.6. The van der Waals surface area contributed by atoms with Gasteiger partial charge in [0.2, 0.25) is 0 Å². The Kier molecular flexibility index (Phi) is 4.09. The van der Waals surface area contributed by atoms with Gasteiger partial charge < -0.3 is 10.0 Å². The van der Waals surface area contributed by atoms with Crippen LogP contribution < -0.4 is 4.90 Å². The molecule has 1 aromatic heterocycles. The molecule has 0 bridgehead atoms. The lowest BCUT2D eigenvalue weighted by atomic mass is 10.2. The molecule has 2 aromatic rings. The molecule has 0 fully saturated rings. The molecular weight excluding hydrogens is 382 g/mol. The second-order valence-corrected chi connectivity index (χ2v) is 7.37. The van der Waals surface area contributed by atoms with Crippen LogP contribution in [0.25, 0.3) is 0 Å². The van der Waals surface area contributed by atoms with E-state index in [0.717, 1.165) is 7.57 Å². The van der Waals surface area contributed by atoms with Gasteiger partial charge in [0.15, 0.2) is 0 Å². The molecule has 1 aromatic carbocycles. The maximum absolute atomic E-state index is 12.3. The van der Waals surface area contributed by atoms with Crippen LogP contribution in [0.4, 0.5) is 5.69 Å². The maximum Gasteiger partial charge on any atom is 0.260 e. The third-order valence-electron chi connectivity index (χ3n) is 2.41. The van der Waals surface area contributed by atoms with E-state index in [2.05, 4.69) is 31.9 Å². The fourth-order valence-electron chi connectivity index (χ4n) is 1.49. The Morgan fingerprint density at radius 1 is 1.33 bits per heavy atom. The van der Waals surface area contributed by atoms with Crippen molar-refractivity contribution in [1.29, 1.82) is 0 Å². The number of anilines is 1. The van der Waals surface area contributed by atoms with Crippen LogP contribution in [0.5, 0.6) is 5.75 Å². The third kappa shape index (κ3) is 2.76. The van der Waals surface area contributed by atoms with Crippen LogP contribution in [0.1, 0.15) is 10.4 Å². The Morgan fingerprint density at radius 3 is 2.61 bits per heavy atom. The molecule has 3 nitrogen and oxygen atoms in total. The predicted molar refractivity (Wildman–Crippen MR) is 80.6 cm³/mol. The second-order valence-electron chi connectivity index (χ2n) is 3.62. The number of hydrogen-bond donors (Lipinski definition) is 1. The minimum Gasteiger partial charge on any atom is -0.508 e. The van der Waals surface area contributed by atoms with Gasteiger partial charge in [0.05, 0.1) is 13.1 Å². The van der Waals surface area contributed by atoms with Crippen molar-refractivity contribution in [2.45, 2.75) is 0 Å². The molecule has 0 saturated heterocycles. The molecule has 2 rings (SSSR count). The number of thiophene rings is 1. The zero-order valence-electron chi connectivity index (χ0n) is 9.35. The van der Waals surface area contributed by atoms with E-state index >= 15 is 0 Å². The summed E-state index contributed by atoms with van der Waals surface area (Å²) < 4.78 is 1.67. The van der Waals surface area contributed by atoms with Crippen LogP contribution in [0.3, 0.4) is 0 Å². The van der Waals surface area contributed by atoms with E-state index in [1.807, 2.05) is 0 Å². The minimum absolute atomic E-state index is 0.130. The summed E-state index contributed by atoms with van der Waals surface area (Å²) in [4.78, 5) is 13.8. The number of carbonyl (C=O) groups excluding carboxylic acids is 1. The molecular formula is C12H9Br2NO2S. The lowest BCUT2D eigenvalue weighted by Crippen LogP contribution is -2.25. The molecule has 0 unspecified atom stereocenters. The molecule has 18 heavy (non-hydrogen) atoms. The molecule has 6 heteroatoms. The Hall–Kier alpha value is -0.850. The quantitative estimate of drug-likeness (QED) is 0.832. The SMILES string of the molecule is CN(C(=O)c1cc(Br)sc1Br)c1cccc(O)c1. The van der Waals surface area contributed by atoms with Crippen LogP contribution in [0, 0.1) is 0 Å². The van der Waals surface area contributed by atoms with Crippen LogP contribution in [-0.4, -0.2) is 18.1 Å². The highest BCUT2D eigenvalue weighted by molar-refractivity contribution is 9.12. The van der Waals surface area contributed by atoms with Crippen LogP contribution in [0.15, 0.2) is 37.9 Å². The van der Waals surface area contributed by atoms with Gasteiger partial charge >= 0.3 is 0 Å². The zero-order valence-corrected chi connectivity index (χ0v) is 13.3. The van der Waals surface area contributed by atoms with Crippen molar-refractivity contribution in [3.8, 4) is 5.75 Å². The lowest BCUT2D eigenvalue weighted by Gasteiger charge is -2.17. The van der Waals surface area contributed by atoms with Crippen molar-refractivity contribution in [3.63, 3.8) is 0 Å². The fraction of sp³-hybridized carbons (Fsp3) is 0.0833. The van der Waals surface area contributed by atoms with Crippen molar-refractivity contribution in [3.05, 3.63) is 43.5 Å². The molecule has 0 saturated carbocycles. The topological polar surface area (TPSA) is 40.5 Å². The Bertz CT molecular complexity index is 598. The van der Waals surface area contributed by atoms with E-state index in [0.29, 0.717) is 11.3 Å². The molecule has 0 aliphatic carbocycles. The zero-order chi connectivity index (χ0) is 13.3. The normalized spacial score (nSPS) is 10.4. The van der Waals surface area contributed by atoms with Crippen LogP contribution in [0.2, 0.25) is 0 Å². The number of hydrogen-bond acceptors (Lipinski definition) is 3. The number of phenols is 1. The summed E-state index contributed by atoms with van der Waals surface area (Å²) in [6.07, 6.45) is 0. The smallest absolute Gasteiger partial charge is 0.260 e. The standard InChI is InChI=1S/C12H9Br2NO2S/c1-15(7-3-2-4-8(16)5-7)12(17)9-6-10(13)18-11(9)14/h2-6,16H,1H3. The number of phenolic OH excluding ortho intramolecular Hbond substituents is 1. The van der Waals surface area contributed by atoms with Crippen molar-refractivity contribution in [2.75, 3.05) is 11.9 Å². The second kappa shape index (κ2) is 5.42. The van der Waals surface area contributed by atoms with E-state index in [4.69, 9.17) is 0 Å². The van der Waals surface area contributed by atoms with E-state index in [1.54, 1.807) is 37.4 Å². The molecule has 0 aliphatic heterocycles. The summed E-state index contributed by atoms with van der Waals surface area (Å²) in [7, 11) is 1.68. The van der Waals surface area contributed by atoms with Gasteiger partial charge in [-0.05, 0) is 50.1 Å². The molecule has 0 aliphatic rings. The van der Waals surface area contributed by atoms with Gasteiger partial charge in [-0.25, -0.2) is 0 Å². The number of rotatable bonds is 2. The Morgan fingerprint density at radius 2 is 2.06 bits per heavy atom. The van der Waals surface area contributed by atoms with Gasteiger partial charge in [-0.3, -0.25) is 4.79 Å². The average Bonchev–Trinajstić information content (AvgIpc) is 2.66. The average molecular weight is 391 g/mol. The van der Waals surface area contributed by atoms with E-state index < -0.39 is 0 Å². The van der Waals surface area contributed by atoms with Crippen molar-refractivity contribution in [2.24, 2.45) is 0 Å². The van der Waals surface area contributed by atoms with E-state index in [9.17, 15) is 9.90 Å². The first-order valence-corrected chi connectivity index (χ1v) is 7.41. The molecule has 0 spiro atoms. The minimum atomic E-state index is -0.130. The number of nitrogens with zero attached hydrogens (tertiary/aromatic N) is 1. The van der Waals surface area contributed by atoms with E-state index in [1.165, 1.54) is 16.2 Å². The Balaban J connectivity index is 2.32. The first-order valence-electron chi connectivity index (χ1n) is 5.01. The molecule has 0 radical (unpaired) electrons. The predicted octanol–water partition coefficient (Wildman–Crippen LogP) is 4.26. The van der Waals surface area contributed by atoms with Gasteiger partial charge in [-0.1, -0.05) is 6.07 Å². The summed E-state index contributed by atoms with van der Waals surface area (Å²) >= 11 is 8.16. The summed E-state index contributed by atoms with van der Waals surface area (Å²) in [5.74, 6) is 0.00661. The molecule has 1 N–H and O–H groups in total. The van der Waals surface area contributed by atoms with Gasteiger partial charge in [0, 0.05) is 18.8 Å². The van der Waals surface area contributed by atoms with Crippen LogP contribution >= 0.6 is 43.2 Å². The number of carbonyl (C=O) groups is 1. The van der Waals surface area contributed by atoms with E-state index in [-0.39, 0.29) is 11.7 Å². The van der Waals surface area contributed by atoms with Gasteiger partial charge in [-0.15, -0.1) is 11.3 Å². The molecule has 0 atom stereocenters. The number of amides is 1. The monoisotopic (exact) mass is 389 g/mol. The first-order chi connectivity index (χ1) is 8.49. The number of benzene rings is 1. The Labute approximate surface area is 125 Å². The van der Waals surface area contributed by atoms with Gasteiger partial charge in [-0.2, -0.15) is 0 Å². The summed E-state index contributed by atoms with van der Waals surface area (Å²) in [5, 5.41) is 9.42. The third-order valence-corrected chi connectivity index (χ3v) is 4.75. The summed E-state index contributed by atoms with van der Waals surface area (Å²) in [5.41, 5.74) is 1.24. The molecule has 94 valence electrons. The van der Waals surface area contributed by atoms with Crippen molar-refractivity contribution < 1.29 is 9.90 Å². The van der Waals surface area contributed by atoms with Crippen molar-refractivity contribution in [1.82, 2.24) is 0 Å². The fourth-order valence-corrected chi connectivity index (χ4v) is 4.26. The van der Waals surface area contributed by atoms with Gasteiger partial charge in [0.25, 0.3) is 5.91 Å². The lowest BCUT2D eigenvalue weighted by molar-refractivity contribution is 0.0993. The molecule has 1 amide bonds. The highest BCUT2D eigenvalue weighted by Gasteiger charge is 2.18. The highest BCUT2D eigenvalue weighted by atomic mass is 79.9. The highest BCUT2D eigenvalue weighted by Crippen LogP contribution is 2.33. The molecule has 1 heterocycles. The largest absolute Gasteiger partial charge is 0.508 e. The summed E-state index contributed by atoms with van der Waals surface area (Å²) in [6, 6.07) is 8.36. The van der Waals surface area contributed by atoms with Crippen LogP contribution in [-0.2, 0) is 0 Å². The maximum atomic E-state index is 12.3.